The van der Waals surface area contributed by atoms with Crippen molar-refractivity contribution in [1.29, 1.82) is 0 Å². The first-order chi connectivity index (χ1) is 29.8. The van der Waals surface area contributed by atoms with Crippen molar-refractivity contribution < 1.29 is 0 Å². The number of anilines is 5. The Bertz CT molecular complexity index is 3510. The van der Waals surface area contributed by atoms with Gasteiger partial charge < -0.3 is 9.71 Å². The van der Waals surface area contributed by atoms with Gasteiger partial charge in [-0.15, -0.1) is 11.3 Å². The van der Waals surface area contributed by atoms with Gasteiger partial charge in [-0.1, -0.05) is 147 Å². The quantitative estimate of drug-likeness (QED) is 0.164. The van der Waals surface area contributed by atoms with E-state index in [1.165, 1.54) is 126 Å². The third-order valence-corrected chi connectivity index (χ3v) is 15.1. The molecule has 0 unspecified atom stereocenters. The summed E-state index contributed by atoms with van der Waals surface area (Å²) in [6.45, 7) is 9.26. The van der Waals surface area contributed by atoms with Crippen molar-refractivity contribution in [2.45, 2.75) is 33.1 Å². The molecule has 2 nitrogen and oxygen atoms in total. The van der Waals surface area contributed by atoms with Gasteiger partial charge in [0.15, 0.2) is 0 Å². The zero-order valence-electron chi connectivity index (χ0n) is 34.6. The lowest BCUT2D eigenvalue weighted by Gasteiger charge is -2.46. The first-order valence-corrected chi connectivity index (χ1v) is 22.3. The molecule has 61 heavy (non-hydrogen) atoms. The SMILES string of the molecule is Cc1cc2c3c(c1)N(c1ccc(-c4ccccc4)cc1C)c1cc4sc5ccccc5c4cc1B3N(c1ccc3c(c1)C(C)(C)c1ccccc1-3)c1c-2ccc2ccccc12. The highest BCUT2D eigenvalue weighted by Gasteiger charge is 2.47. The molecule has 9 aromatic carbocycles. The first kappa shape index (κ1) is 34.9. The van der Waals surface area contributed by atoms with Crippen LogP contribution in [0.25, 0.3) is 64.3 Å². The zero-order valence-corrected chi connectivity index (χ0v) is 35.4. The van der Waals surface area contributed by atoms with Gasteiger partial charge >= 0.3 is 6.85 Å². The van der Waals surface area contributed by atoms with Crippen LogP contribution < -0.4 is 20.6 Å². The van der Waals surface area contributed by atoms with Crippen LogP contribution in [-0.4, -0.2) is 6.85 Å². The molecule has 0 bridgehead atoms. The molecule has 2 aliphatic heterocycles. The molecular formula is C57H41BN2S. The van der Waals surface area contributed by atoms with Crippen molar-refractivity contribution in [2.24, 2.45) is 0 Å². The average molecular weight is 797 g/mol. The number of benzene rings is 9. The number of hydrogen-bond donors (Lipinski definition) is 0. The summed E-state index contributed by atoms with van der Waals surface area (Å²) in [4.78, 5) is 5.32. The molecule has 1 aliphatic carbocycles. The lowest BCUT2D eigenvalue weighted by Crippen LogP contribution is -2.61. The number of rotatable bonds is 3. The van der Waals surface area contributed by atoms with E-state index in [0.29, 0.717) is 0 Å². The third kappa shape index (κ3) is 4.85. The van der Waals surface area contributed by atoms with Gasteiger partial charge in [0.1, 0.15) is 0 Å². The normalized spacial score (nSPS) is 14.3. The Hall–Kier alpha value is -6.88. The van der Waals surface area contributed by atoms with Crippen molar-refractivity contribution in [3.05, 3.63) is 198 Å². The maximum absolute atomic E-state index is 2.72. The van der Waals surface area contributed by atoms with Crippen LogP contribution in [0.15, 0.2) is 176 Å². The molecule has 1 aromatic heterocycles. The van der Waals surface area contributed by atoms with Crippen molar-refractivity contribution in [1.82, 2.24) is 0 Å². The standard InChI is InChI=1S/C57H41BN2S/c1-34-28-46-44-25-22-37-16-8-9-17-40(37)56(44)60(39-24-26-42-41-18-10-12-20-47(41)57(3,4)48(42)31-39)58-49-32-45-43-19-11-13-21-53(43)61-54(45)33-51(49)59(52(29-34)55(46)58)50-27-23-38(30-35(50)2)36-14-6-5-7-15-36/h5-33H,1-4H3. The Balaban J connectivity index is 1.14. The van der Waals surface area contributed by atoms with Gasteiger partial charge in [0, 0.05) is 65.0 Å². The number of thiophene rings is 1. The van der Waals surface area contributed by atoms with E-state index in [1.807, 2.05) is 11.3 Å². The minimum absolute atomic E-state index is 0.0907. The van der Waals surface area contributed by atoms with E-state index in [0.717, 1.165) is 0 Å². The van der Waals surface area contributed by atoms with E-state index in [2.05, 4.69) is 213 Å². The maximum atomic E-state index is 2.72. The minimum Gasteiger partial charge on any atom is -0.376 e. The summed E-state index contributed by atoms with van der Waals surface area (Å²) in [5.41, 5.74) is 21.8. The Morgan fingerprint density at radius 3 is 2.11 bits per heavy atom. The summed E-state index contributed by atoms with van der Waals surface area (Å²) in [5.74, 6) is 0. The van der Waals surface area contributed by atoms with Crippen molar-refractivity contribution >= 4 is 88.5 Å². The minimum atomic E-state index is -0.133. The summed E-state index contributed by atoms with van der Waals surface area (Å²) in [6.07, 6.45) is 0. The fourth-order valence-electron chi connectivity index (χ4n) is 11.2. The third-order valence-electron chi connectivity index (χ3n) is 14.0. The predicted molar refractivity (Wildman–Crippen MR) is 263 cm³/mol. The maximum Gasteiger partial charge on any atom is 0.333 e. The highest BCUT2D eigenvalue weighted by atomic mass is 32.1. The second kappa shape index (κ2) is 12.6. The van der Waals surface area contributed by atoms with Crippen LogP contribution in [-0.2, 0) is 5.41 Å². The molecule has 0 N–H and O–H groups in total. The molecule has 13 rings (SSSR count). The molecule has 0 radical (unpaired) electrons. The molecule has 0 saturated carbocycles. The molecule has 3 aliphatic rings. The lowest BCUT2D eigenvalue weighted by atomic mass is 9.43. The van der Waals surface area contributed by atoms with E-state index in [1.54, 1.807) is 0 Å². The number of nitrogens with zero attached hydrogens (tertiary/aromatic N) is 2. The van der Waals surface area contributed by atoms with Crippen LogP contribution in [0.5, 0.6) is 0 Å². The molecule has 10 aromatic rings. The van der Waals surface area contributed by atoms with Crippen molar-refractivity contribution in [2.75, 3.05) is 9.71 Å². The van der Waals surface area contributed by atoms with Crippen LogP contribution in [0.1, 0.15) is 36.1 Å². The number of aryl methyl sites for hydroxylation is 2. The molecular weight excluding hydrogens is 756 g/mol. The Morgan fingerprint density at radius 1 is 0.492 bits per heavy atom. The van der Waals surface area contributed by atoms with Crippen LogP contribution in [0.2, 0.25) is 0 Å². The predicted octanol–water partition coefficient (Wildman–Crippen LogP) is 14.5. The Morgan fingerprint density at radius 2 is 1.25 bits per heavy atom. The van der Waals surface area contributed by atoms with Gasteiger partial charge in [-0.2, -0.15) is 0 Å². The van der Waals surface area contributed by atoms with Gasteiger partial charge in [-0.3, -0.25) is 0 Å². The summed E-state index contributed by atoms with van der Waals surface area (Å²) in [6, 6.07) is 66.7. The van der Waals surface area contributed by atoms with Gasteiger partial charge in [0.25, 0.3) is 0 Å². The van der Waals surface area contributed by atoms with Crippen LogP contribution >= 0.6 is 11.3 Å². The molecule has 3 heterocycles. The molecule has 0 spiro atoms. The lowest BCUT2D eigenvalue weighted by molar-refractivity contribution is 0.660. The first-order valence-electron chi connectivity index (χ1n) is 21.5. The fraction of sp³-hybridized carbons (Fsp3) is 0.0877. The fourth-order valence-corrected chi connectivity index (χ4v) is 12.3. The van der Waals surface area contributed by atoms with E-state index in [9.17, 15) is 0 Å². The summed E-state index contributed by atoms with van der Waals surface area (Å²) in [7, 11) is 0. The van der Waals surface area contributed by atoms with E-state index in [-0.39, 0.29) is 12.3 Å². The molecule has 0 fully saturated rings. The largest absolute Gasteiger partial charge is 0.376 e. The Labute approximate surface area is 361 Å². The smallest absolute Gasteiger partial charge is 0.333 e. The van der Waals surface area contributed by atoms with E-state index < -0.39 is 0 Å². The molecule has 288 valence electrons. The van der Waals surface area contributed by atoms with E-state index in [4.69, 9.17) is 0 Å². The molecule has 0 atom stereocenters. The zero-order chi connectivity index (χ0) is 40.7. The summed E-state index contributed by atoms with van der Waals surface area (Å²) >= 11 is 1.90. The molecule has 4 heteroatoms. The highest BCUT2D eigenvalue weighted by Crippen LogP contribution is 2.54. The second-order valence-electron chi connectivity index (χ2n) is 17.8. The van der Waals surface area contributed by atoms with Crippen LogP contribution in [0.3, 0.4) is 0 Å². The van der Waals surface area contributed by atoms with Crippen molar-refractivity contribution in [3.63, 3.8) is 0 Å². The van der Waals surface area contributed by atoms with Gasteiger partial charge in [-0.05, 0) is 123 Å². The van der Waals surface area contributed by atoms with E-state index >= 15 is 0 Å². The second-order valence-corrected chi connectivity index (χ2v) is 18.9. The monoisotopic (exact) mass is 796 g/mol. The van der Waals surface area contributed by atoms with Gasteiger partial charge in [0.05, 0.1) is 0 Å². The number of fused-ring (bicyclic) bond motifs is 12. The molecule has 0 saturated heterocycles. The molecule has 0 amide bonds. The summed E-state index contributed by atoms with van der Waals surface area (Å²) < 4.78 is 2.63. The van der Waals surface area contributed by atoms with Crippen LogP contribution in [0.4, 0.5) is 28.4 Å². The van der Waals surface area contributed by atoms with Crippen LogP contribution in [0, 0.1) is 13.8 Å². The van der Waals surface area contributed by atoms with Gasteiger partial charge in [-0.25, -0.2) is 0 Å². The van der Waals surface area contributed by atoms with Crippen molar-refractivity contribution in [3.8, 4) is 33.4 Å². The van der Waals surface area contributed by atoms with Gasteiger partial charge in [0.2, 0.25) is 0 Å². The highest BCUT2D eigenvalue weighted by molar-refractivity contribution is 7.26. The topological polar surface area (TPSA) is 6.48 Å². The summed E-state index contributed by atoms with van der Waals surface area (Å²) in [5, 5.41) is 5.17. The Kier molecular flexibility index (Phi) is 7.20. The number of hydrogen-bond acceptors (Lipinski definition) is 3. The average Bonchev–Trinajstić information content (AvgIpc) is 3.76.